The minimum Gasteiger partial charge on any atom is -0.353 e. The summed E-state index contributed by atoms with van der Waals surface area (Å²) in [6.45, 7) is 0.840. The van der Waals surface area contributed by atoms with Crippen molar-refractivity contribution in [3.63, 3.8) is 0 Å². The van der Waals surface area contributed by atoms with E-state index < -0.39 is 0 Å². The number of imide groups is 1. The van der Waals surface area contributed by atoms with Crippen LogP contribution in [-0.4, -0.2) is 40.7 Å². The van der Waals surface area contributed by atoms with Gasteiger partial charge in [0.25, 0.3) is 11.8 Å². The standard InChI is InChI=1S/C20H19N3O3/c24-18(10-9-15-6-5-11-21-14-15)22-12-3-4-13-23-19(25)16-7-1-2-8-17(16)20(23)26/h1-2,5-11,14H,3-4,12-13H2,(H,22,24)/b10-9-. The lowest BCUT2D eigenvalue weighted by molar-refractivity contribution is -0.116. The van der Waals surface area contributed by atoms with Crippen LogP contribution in [0.2, 0.25) is 0 Å². The van der Waals surface area contributed by atoms with E-state index in [0.29, 0.717) is 37.1 Å². The van der Waals surface area contributed by atoms with Crippen LogP contribution in [0.3, 0.4) is 0 Å². The van der Waals surface area contributed by atoms with Gasteiger partial charge in [-0.15, -0.1) is 0 Å². The zero-order valence-corrected chi connectivity index (χ0v) is 14.2. The van der Waals surface area contributed by atoms with Crippen LogP contribution in [0.25, 0.3) is 6.08 Å². The largest absolute Gasteiger partial charge is 0.353 e. The molecule has 0 radical (unpaired) electrons. The maximum atomic E-state index is 12.2. The maximum absolute atomic E-state index is 12.2. The Balaban J connectivity index is 1.39. The quantitative estimate of drug-likeness (QED) is 0.472. The summed E-state index contributed by atoms with van der Waals surface area (Å²) in [5, 5.41) is 2.78. The molecular formula is C20H19N3O3. The van der Waals surface area contributed by atoms with Gasteiger partial charge in [-0.1, -0.05) is 18.2 Å². The Morgan fingerprint density at radius 3 is 2.42 bits per heavy atom. The van der Waals surface area contributed by atoms with E-state index in [4.69, 9.17) is 0 Å². The molecule has 6 nitrogen and oxygen atoms in total. The predicted octanol–water partition coefficient (Wildman–Crippen LogP) is 2.29. The second-order valence-corrected chi connectivity index (χ2v) is 5.93. The van der Waals surface area contributed by atoms with Crippen LogP contribution in [-0.2, 0) is 4.79 Å². The van der Waals surface area contributed by atoms with E-state index in [9.17, 15) is 14.4 Å². The molecule has 0 unspecified atom stereocenters. The Morgan fingerprint density at radius 2 is 1.77 bits per heavy atom. The van der Waals surface area contributed by atoms with Crippen molar-refractivity contribution in [1.29, 1.82) is 0 Å². The molecule has 6 heteroatoms. The summed E-state index contributed by atoms with van der Waals surface area (Å²) in [6.07, 6.45) is 7.82. The summed E-state index contributed by atoms with van der Waals surface area (Å²) in [5.74, 6) is -0.669. The SMILES string of the molecule is O=C(/C=C\c1cccnc1)NCCCCN1C(=O)c2ccccc2C1=O. The third-order valence-corrected chi connectivity index (χ3v) is 4.10. The Hall–Kier alpha value is -3.28. The van der Waals surface area contributed by atoms with Gasteiger partial charge in [0.05, 0.1) is 11.1 Å². The van der Waals surface area contributed by atoms with Crippen molar-refractivity contribution >= 4 is 23.8 Å². The average molecular weight is 349 g/mol. The Kier molecular flexibility index (Phi) is 5.53. The van der Waals surface area contributed by atoms with Gasteiger partial charge >= 0.3 is 0 Å². The minimum absolute atomic E-state index is 0.186. The number of benzene rings is 1. The molecule has 132 valence electrons. The summed E-state index contributed by atoms with van der Waals surface area (Å²) in [7, 11) is 0. The second kappa shape index (κ2) is 8.20. The van der Waals surface area contributed by atoms with Crippen LogP contribution in [0.5, 0.6) is 0 Å². The molecule has 0 bridgehead atoms. The zero-order valence-electron chi connectivity index (χ0n) is 14.2. The van der Waals surface area contributed by atoms with Crippen LogP contribution < -0.4 is 5.32 Å². The first kappa shape index (κ1) is 17.5. The third kappa shape index (κ3) is 4.03. The van der Waals surface area contributed by atoms with Crippen molar-refractivity contribution in [2.45, 2.75) is 12.8 Å². The van der Waals surface area contributed by atoms with Gasteiger partial charge in [-0.3, -0.25) is 24.3 Å². The number of fused-ring (bicyclic) bond motifs is 1. The molecule has 0 saturated carbocycles. The average Bonchev–Trinajstić information content (AvgIpc) is 2.92. The molecule has 1 N–H and O–H groups in total. The van der Waals surface area contributed by atoms with Crippen LogP contribution in [0.15, 0.2) is 54.9 Å². The molecule has 1 aliphatic heterocycles. The number of amides is 3. The number of rotatable bonds is 7. The van der Waals surface area contributed by atoms with Crippen LogP contribution in [0.4, 0.5) is 0 Å². The molecule has 1 aromatic carbocycles. The fraction of sp³-hybridized carbons (Fsp3) is 0.200. The summed E-state index contributed by atoms with van der Waals surface area (Å²) in [5.41, 5.74) is 1.78. The number of aromatic nitrogens is 1. The Morgan fingerprint density at radius 1 is 1.04 bits per heavy atom. The van der Waals surface area contributed by atoms with Crippen LogP contribution >= 0.6 is 0 Å². The van der Waals surface area contributed by atoms with Gasteiger partial charge in [0.15, 0.2) is 0 Å². The van der Waals surface area contributed by atoms with Crippen molar-refractivity contribution in [3.05, 3.63) is 71.6 Å². The molecule has 0 saturated heterocycles. The van der Waals surface area contributed by atoms with E-state index in [-0.39, 0.29) is 17.7 Å². The van der Waals surface area contributed by atoms with Crippen molar-refractivity contribution in [2.75, 3.05) is 13.1 Å². The monoisotopic (exact) mass is 349 g/mol. The Bertz CT molecular complexity index is 811. The van der Waals surface area contributed by atoms with E-state index in [1.807, 2.05) is 6.07 Å². The number of nitrogens with zero attached hydrogens (tertiary/aromatic N) is 2. The lowest BCUT2D eigenvalue weighted by atomic mass is 10.1. The smallest absolute Gasteiger partial charge is 0.261 e. The molecular weight excluding hydrogens is 330 g/mol. The van der Waals surface area contributed by atoms with Crippen molar-refractivity contribution in [2.24, 2.45) is 0 Å². The molecule has 2 aromatic rings. The highest BCUT2D eigenvalue weighted by Gasteiger charge is 2.34. The molecule has 1 aliphatic rings. The highest BCUT2D eigenvalue weighted by Crippen LogP contribution is 2.22. The predicted molar refractivity (Wildman–Crippen MR) is 97.3 cm³/mol. The van der Waals surface area contributed by atoms with Gasteiger partial charge in [0.1, 0.15) is 0 Å². The molecule has 0 fully saturated rings. The molecule has 26 heavy (non-hydrogen) atoms. The van der Waals surface area contributed by atoms with Gasteiger partial charge in [0.2, 0.25) is 5.91 Å². The number of hydrogen-bond donors (Lipinski definition) is 1. The normalized spacial score (nSPS) is 13.3. The number of carbonyl (C=O) groups is 3. The van der Waals surface area contributed by atoms with Gasteiger partial charge in [-0.05, 0) is 42.7 Å². The van der Waals surface area contributed by atoms with E-state index in [1.165, 1.54) is 11.0 Å². The zero-order chi connectivity index (χ0) is 18.4. The maximum Gasteiger partial charge on any atom is 0.261 e. The van der Waals surface area contributed by atoms with Gasteiger partial charge in [0, 0.05) is 31.6 Å². The molecule has 3 rings (SSSR count). The summed E-state index contributed by atoms with van der Waals surface area (Å²) in [4.78, 5) is 41.4. The summed E-state index contributed by atoms with van der Waals surface area (Å²) < 4.78 is 0. The lowest BCUT2D eigenvalue weighted by Gasteiger charge is -2.13. The van der Waals surface area contributed by atoms with E-state index in [1.54, 1.807) is 48.8 Å². The molecule has 2 heterocycles. The number of hydrogen-bond acceptors (Lipinski definition) is 4. The Labute approximate surface area is 151 Å². The number of unbranched alkanes of at least 4 members (excludes halogenated alkanes) is 1. The highest BCUT2D eigenvalue weighted by atomic mass is 16.2. The van der Waals surface area contributed by atoms with Crippen LogP contribution in [0.1, 0.15) is 39.1 Å². The first-order valence-electron chi connectivity index (χ1n) is 8.48. The number of carbonyl (C=O) groups excluding carboxylic acids is 3. The lowest BCUT2D eigenvalue weighted by Crippen LogP contribution is -2.31. The second-order valence-electron chi connectivity index (χ2n) is 5.93. The van der Waals surface area contributed by atoms with Crippen molar-refractivity contribution in [1.82, 2.24) is 15.2 Å². The molecule has 3 amide bonds. The van der Waals surface area contributed by atoms with E-state index in [0.717, 1.165) is 5.56 Å². The van der Waals surface area contributed by atoms with Gasteiger partial charge in [-0.2, -0.15) is 0 Å². The fourth-order valence-electron chi connectivity index (χ4n) is 2.75. The highest BCUT2D eigenvalue weighted by molar-refractivity contribution is 6.21. The van der Waals surface area contributed by atoms with E-state index in [2.05, 4.69) is 10.3 Å². The molecule has 0 atom stereocenters. The fourth-order valence-corrected chi connectivity index (χ4v) is 2.75. The number of pyridine rings is 1. The molecule has 0 spiro atoms. The minimum atomic E-state index is -0.242. The van der Waals surface area contributed by atoms with Gasteiger partial charge in [-0.25, -0.2) is 0 Å². The first-order chi connectivity index (χ1) is 12.7. The summed E-state index contributed by atoms with van der Waals surface area (Å²) in [6, 6.07) is 10.5. The first-order valence-corrected chi connectivity index (χ1v) is 8.48. The van der Waals surface area contributed by atoms with Crippen LogP contribution in [0, 0.1) is 0 Å². The van der Waals surface area contributed by atoms with E-state index >= 15 is 0 Å². The number of nitrogens with one attached hydrogen (secondary N) is 1. The third-order valence-electron chi connectivity index (χ3n) is 4.10. The molecule has 0 aliphatic carbocycles. The van der Waals surface area contributed by atoms with Gasteiger partial charge < -0.3 is 5.32 Å². The molecule has 1 aromatic heterocycles. The van der Waals surface area contributed by atoms with Crippen molar-refractivity contribution < 1.29 is 14.4 Å². The summed E-state index contributed by atoms with van der Waals surface area (Å²) >= 11 is 0. The van der Waals surface area contributed by atoms with Crippen molar-refractivity contribution in [3.8, 4) is 0 Å². The topological polar surface area (TPSA) is 79.4 Å².